The first kappa shape index (κ1) is 20.0. The van der Waals surface area contributed by atoms with E-state index in [1.165, 1.54) is 17.5 Å². The SMILES string of the molecule is COc1cccc(C(O)C2CCN(CC34CC(c5ccccc53)c3ccccc34)CC2)c1. The van der Waals surface area contributed by atoms with Crippen molar-refractivity contribution in [2.45, 2.75) is 36.7 Å². The number of hydrogen-bond acceptors (Lipinski definition) is 3. The second kappa shape index (κ2) is 7.75. The van der Waals surface area contributed by atoms with Gasteiger partial charge in [0.1, 0.15) is 5.75 Å². The van der Waals surface area contributed by atoms with Crippen molar-refractivity contribution < 1.29 is 9.84 Å². The van der Waals surface area contributed by atoms with Gasteiger partial charge in [-0.05, 0) is 78.2 Å². The molecule has 2 bridgehead atoms. The Kier molecular flexibility index (Phi) is 4.85. The number of methoxy groups -OCH3 is 1. The van der Waals surface area contributed by atoms with E-state index in [0.29, 0.717) is 11.8 Å². The van der Waals surface area contributed by atoms with E-state index in [1.807, 2.05) is 24.3 Å². The fourth-order valence-corrected chi connectivity index (χ4v) is 6.72. The van der Waals surface area contributed by atoms with Crippen molar-refractivity contribution in [2.75, 3.05) is 26.7 Å². The second-order valence-electron chi connectivity index (χ2n) is 9.85. The molecule has 0 aromatic heterocycles. The van der Waals surface area contributed by atoms with Gasteiger partial charge >= 0.3 is 0 Å². The lowest BCUT2D eigenvalue weighted by Gasteiger charge is -2.40. The van der Waals surface area contributed by atoms with Crippen LogP contribution in [0.5, 0.6) is 5.75 Å². The number of ether oxygens (including phenoxy) is 1. The lowest BCUT2D eigenvalue weighted by molar-refractivity contribution is 0.0539. The molecule has 3 aromatic rings. The van der Waals surface area contributed by atoms with Crippen molar-refractivity contribution in [2.24, 2.45) is 5.92 Å². The zero-order valence-corrected chi connectivity index (χ0v) is 18.7. The third kappa shape index (κ3) is 3.02. The molecule has 3 nitrogen and oxygen atoms in total. The molecule has 1 N–H and O–H groups in total. The highest BCUT2D eigenvalue weighted by Gasteiger charge is 2.53. The summed E-state index contributed by atoms with van der Waals surface area (Å²) in [6.07, 6.45) is 2.84. The van der Waals surface area contributed by atoms with Gasteiger partial charge in [0.2, 0.25) is 0 Å². The fraction of sp³-hybridized carbons (Fsp3) is 0.379. The van der Waals surface area contributed by atoms with Crippen molar-refractivity contribution in [3.05, 3.63) is 101 Å². The predicted molar refractivity (Wildman–Crippen MR) is 127 cm³/mol. The Bertz CT molecular complexity index is 1080. The molecule has 1 unspecified atom stereocenters. The molecule has 0 saturated carbocycles. The zero-order chi connectivity index (χ0) is 21.7. The first-order chi connectivity index (χ1) is 15.7. The van der Waals surface area contributed by atoms with E-state index in [0.717, 1.165) is 43.8 Å². The van der Waals surface area contributed by atoms with E-state index >= 15 is 0 Å². The average molecular weight is 426 g/mol. The Morgan fingerprint density at radius 2 is 1.59 bits per heavy atom. The summed E-state index contributed by atoms with van der Waals surface area (Å²) in [5, 5.41) is 11.0. The van der Waals surface area contributed by atoms with Crippen LogP contribution in [-0.2, 0) is 5.41 Å². The maximum Gasteiger partial charge on any atom is 0.119 e. The molecule has 1 fully saturated rings. The summed E-state index contributed by atoms with van der Waals surface area (Å²) in [6, 6.07) is 26.1. The molecule has 1 saturated heterocycles. The zero-order valence-electron chi connectivity index (χ0n) is 18.7. The van der Waals surface area contributed by atoms with Crippen LogP contribution in [0.25, 0.3) is 0 Å². The Balaban J connectivity index is 1.21. The van der Waals surface area contributed by atoms with Crippen molar-refractivity contribution >= 4 is 0 Å². The highest BCUT2D eigenvalue weighted by molar-refractivity contribution is 5.62. The molecule has 1 heterocycles. The molecule has 6 rings (SSSR count). The number of hydrogen-bond donors (Lipinski definition) is 1. The summed E-state index contributed by atoms with van der Waals surface area (Å²) < 4.78 is 5.35. The molecule has 164 valence electrons. The molecule has 3 aliphatic rings. The van der Waals surface area contributed by atoms with Crippen LogP contribution in [0.1, 0.15) is 59.1 Å². The van der Waals surface area contributed by atoms with Gasteiger partial charge in [0.05, 0.1) is 13.2 Å². The number of likely N-dealkylation sites (tertiary alicyclic amines) is 1. The molecule has 0 amide bonds. The predicted octanol–water partition coefficient (Wildman–Crippen LogP) is 5.28. The lowest BCUT2D eigenvalue weighted by atomic mass is 9.74. The maximum absolute atomic E-state index is 11.0. The van der Waals surface area contributed by atoms with E-state index < -0.39 is 6.10 Å². The third-order valence-corrected chi connectivity index (χ3v) is 8.26. The molecule has 3 aromatic carbocycles. The van der Waals surface area contributed by atoms with Gasteiger partial charge < -0.3 is 14.7 Å². The highest BCUT2D eigenvalue weighted by Crippen LogP contribution is 2.60. The molecule has 32 heavy (non-hydrogen) atoms. The molecule has 1 atom stereocenters. The maximum atomic E-state index is 11.0. The first-order valence-corrected chi connectivity index (χ1v) is 11.9. The van der Waals surface area contributed by atoms with Gasteiger partial charge in [-0.15, -0.1) is 0 Å². The Morgan fingerprint density at radius 3 is 2.25 bits per heavy atom. The summed E-state index contributed by atoms with van der Waals surface area (Å²) in [4.78, 5) is 2.65. The highest BCUT2D eigenvalue weighted by atomic mass is 16.5. The van der Waals surface area contributed by atoms with Crippen molar-refractivity contribution in [1.82, 2.24) is 4.90 Å². The Hall–Kier alpha value is -2.62. The van der Waals surface area contributed by atoms with Crippen molar-refractivity contribution in [1.29, 1.82) is 0 Å². The van der Waals surface area contributed by atoms with Crippen LogP contribution in [0.15, 0.2) is 72.8 Å². The number of benzene rings is 3. The lowest BCUT2D eigenvalue weighted by Crippen LogP contribution is -2.44. The third-order valence-electron chi connectivity index (χ3n) is 8.26. The molecule has 0 spiro atoms. The van der Waals surface area contributed by atoms with E-state index in [2.05, 4.69) is 53.4 Å². The van der Waals surface area contributed by atoms with Gasteiger partial charge in [-0.25, -0.2) is 0 Å². The normalized spacial score (nSPS) is 25.4. The molecular formula is C29H31NO2. The monoisotopic (exact) mass is 425 g/mol. The summed E-state index contributed by atoms with van der Waals surface area (Å²) in [5.74, 6) is 1.66. The number of nitrogens with zero attached hydrogens (tertiary/aromatic N) is 1. The molecule has 2 aliphatic carbocycles. The van der Waals surface area contributed by atoms with Crippen molar-refractivity contribution in [3.63, 3.8) is 0 Å². The van der Waals surface area contributed by atoms with Gasteiger partial charge in [0, 0.05) is 17.9 Å². The van der Waals surface area contributed by atoms with E-state index in [1.54, 1.807) is 18.2 Å². The van der Waals surface area contributed by atoms with Gasteiger partial charge in [-0.3, -0.25) is 0 Å². The molecular weight excluding hydrogens is 394 g/mol. The topological polar surface area (TPSA) is 32.7 Å². The minimum atomic E-state index is -0.422. The Labute approximate surface area is 190 Å². The molecule has 1 aliphatic heterocycles. The second-order valence-corrected chi connectivity index (χ2v) is 9.85. The average Bonchev–Trinajstić information content (AvgIpc) is 3.36. The standard InChI is InChI=1S/C29H31NO2/c1-32-22-8-6-7-21(17-22)28(31)20-13-15-30(16-14-20)19-29-18-25(23-9-2-4-11-26(23)29)24-10-3-5-12-27(24)29/h2-12,17,20,25,28,31H,13-16,18-19H2,1H3. The van der Waals surface area contributed by atoms with Gasteiger partial charge in [-0.2, -0.15) is 0 Å². The number of aliphatic hydroxyl groups excluding tert-OH is 1. The number of aliphatic hydroxyl groups is 1. The van der Waals surface area contributed by atoms with E-state index in [-0.39, 0.29) is 5.41 Å². The minimum Gasteiger partial charge on any atom is -0.497 e. The van der Waals surface area contributed by atoms with E-state index in [9.17, 15) is 5.11 Å². The first-order valence-electron chi connectivity index (χ1n) is 11.9. The largest absolute Gasteiger partial charge is 0.497 e. The summed E-state index contributed by atoms with van der Waals surface area (Å²) in [6.45, 7) is 3.17. The fourth-order valence-electron chi connectivity index (χ4n) is 6.72. The quantitative estimate of drug-likeness (QED) is 0.604. The smallest absolute Gasteiger partial charge is 0.119 e. The van der Waals surface area contributed by atoms with Crippen LogP contribution in [0.2, 0.25) is 0 Å². The summed E-state index contributed by atoms with van der Waals surface area (Å²) in [5.41, 5.74) is 7.25. The Morgan fingerprint density at radius 1 is 0.938 bits per heavy atom. The van der Waals surface area contributed by atoms with Crippen LogP contribution < -0.4 is 4.74 Å². The number of rotatable bonds is 5. The van der Waals surface area contributed by atoms with Crippen LogP contribution >= 0.6 is 0 Å². The van der Waals surface area contributed by atoms with Gasteiger partial charge in [0.25, 0.3) is 0 Å². The van der Waals surface area contributed by atoms with Crippen LogP contribution in [0.4, 0.5) is 0 Å². The van der Waals surface area contributed by atoms with Crippen LogP contribution in [0, 0.1) is 5.92 Å². The van der Waals surface area contributed by atoms with Crippen LogP contribution in [0.3, 0.4) is 0 Å². The van der Waals surface area contributed by atoms with Crippen molar-refractivity contribution in [3.8, 4) is 5.75 Å². The minimum absolute atomic E-state index is 0.121. The molecule has 3 heteroatoms. The molecule has 0 radical (unpaired) electrons. The summed E-state index contributed by atoms with van der Waals surface area (Å²) in [7, 11) is 1.68. The number of piperidine rings is 1. The van der Waals surface area contributed by atoms with Gasteiger partial charge in [-0.1, -0.05) is 60.7 Å². The number of fused-ring (bicyclic) bond motifs is 8. The van der Waals surface area contributed by atoms with E-state index in [4.69, 9.17) is 4.74 Å². The van der Waals surface area contributed by atoms with Gasteiger partial charge in [0.15, 0.2) is 0 Å². The van der Waals surface area contributed by atoms with Crippen LogP contribution in [-0.4, -0.2) is 36.8 Å². The summed E-state index contributed by atoms with van der Waals surface area (Å²) >= 11 is 0.